The summed E-state index contributed by atoms with van der Waals surface area (Å²) in [5, 5.41) is 2.92. The molecule has 19 heavy (non-hydrogen) atoms. The average molecular weight is 283 g/mol. The van der Waals surface area contributed by atoms with Gasteiger partial charge in [0.15, 0.2) is 0 Å². The highest BCUT2D eigenvalue weighted by Crippen LogP contribution is 2.32. The topological polar surface area (TPSA) is 12.0 Å². The number of hydrogen-bond donors (Lipinski definition) is 1. The summed E-state index contributed by atoms with van der Waals surface area (Å²) in [5.74, 6) is -1.75. The molecule has 0 heterocycles. The highest BCUT2D eigenvalue weighted by molar-refractivity contribution is 7.99. The smallest absolute Gasteiger partial charge is 0.140 e. The van der Waals surface area contributed by atoms with Crippen molar-refractivity contribution in [2.24, 2.45) is 0 Å². The third-order valence-electron chi connectivity index (χ3n) is 2.49. The van der Waals surface area contributed by atoms with Gasteiger partial charge in [-0.2, -0.15) is 0 Å². The van der Waals surface area contributed by atoms with E-state index in [2.05, 4.69) is 5.32 Å². The standard InChI is InChI=1S/C14H12F3NS/c1-18-8-9-2-4-13(11(16)6-9)19-14-5-3-10(15)7-12(14)17/h2-7,18H,8H2,1H3. The van der Waals surface area contributed by atoms with Gasteiger partial charge < -0.3 is 5.32 Å². The summed E-state index contributed by atoms with van der Waals surface area (Å²) in [6.07, 6.45) is 0. The molecule has 0 aliphatic rings. The van der Waals surface area contributed by atoms with Crippen molar-refractivity contribution in [1.82, 2.24) is 5.32 Å². The molecule has 0 aliphatic carbocycles. The summed E-state index contributed by atoms with van der Waals surface area (Å²) < 4.78 is 40.1. The first-order valence-corrected chi connectivity index (χ1v) is 6.47. The van der Waals surface area contributed by atoms with Crippen LogP contribution in [0.15, 0.2) is 46.2 Å². The van der Waals surface area contributed by atoms with Gasteiger partial charge in [-0.25, -0.2) is 13.2 Å². The summed E-state index contributed by atoms with van der Waals surface area (Å²) in [6.45, 7) is 0.562. The van der Waals surface area contributed by atoms with E-state index in [0.717, 1.165) is 29.5 Å². The lowest BCUT2D eigenvalue weighted by atomic mass is 10.2. The third kappa shape index (κ3) is 3.52. The second kappa shape index (κ2) is 6.12. The van der Waals surface area contributed by atoms with Gasteiger partial charge in [0, 0.05) is 22.4 Å². The van der Waals surface area contributed by atoms with Crippen molar-refractivity contribution in [3.05, 3.63) is 59.4 Å². The summed E-state index contributed by atoms with van der Waals surface area (Å²) in [7, 11) is 1.77. The van der Waals surface area contributed by atoms with Gasteiger partial charge in [0.25, 0.3) is 0 Å². The first-order valence-electron chi connectivity index (χ1n) is 5.66. The zero-order chi connectivity index (χ0) is 13.8. The molecule has 0 saturated heterocycles. The zero-order valence-electron chi connectivity index (χ0n) is 10.2. The Bertz CT molecular complexity index is 587. The zero-order valence-corrected chi connectivity index (χ0v) is 11.0. The molecule has 0 unspecified atom stereocenters. The third-order valence-corrected chi connectivity index (χ3v) is 3.59. The number of nitrogens with one attached hydrogen (secondary N) is 1. The molecule has 0 amide bonds. The van der Waals surface area contributed by atoms with Crippen LogP contribution in [0.5, 0.6) is 0 Å². The molecule has 100 valence electrons. The molecular formula is C14H12F3NS. The van der Waals surface area contributed by atoms with Gasteiger partial charge in [-0.1, -0.05) is 17.8 Å². The fourth-order valence-electron chi connectivity index (χ4n) is 1.62. The average Bonchev–Trinajstić information content (AvgIpc) is 2.36. The summed E-state index contributed by atoms with van der Waals surface area (Å²) in [5.41, 5.74) is 0.809. The lowest BCUT2D eigenvalue weighted by Gasteiger charge is -2.07. The van der Waals surface area contributed by atoms with Crippen molar-refractivity contribution in [1.29, 1.82) is 0 Å². The van der Waals surface area contributed by atoms with Crippen LogP contribution in [0.3, 0.4) is 0 Å². The van der Waals surface area contributed by atoms with Crippen LogP contribution in [0.4, 0.5) is 13.2 Å². The molecule has 0 saturated carbocycles. The second-order valence-electron chi connectivity index (χ2n) is 3.97. The van der Waals surface area contributed by atoms with Gasteiger partial charge in [0.1, 0.15) is 17.5 Å². The van der Waals surface area contributed by atoms with Crippen LogP contribution < -0.4 is 5.32 Å². The van der Waals surface area contributed by atoms with Crippen LogP contribution in [0.25, 0.3) is 0 Å². The largest absolute Gasteiger partial charge is 0.316 e. The van der Waals surface area contributed by atoms with E-state index in [1.54, 1.807) is 19.2 Å². The summed E-state index contributed by atoms with van der Waals surface area (Å²) in [4.78, 5) is 0.507. The Hall–Kier alpha value is -1.46. The van der Waals surface area contributed by atoms with Gasteiger partial charge in [-0.3, -0.25) is 0 Å². The predicted octanol–water partition coefficient (Wildman–Crippen LogP) is 3.97. The van der Waals surface area contributed by atoms with Crippen molar-refractivity contribution in [3.63, 3.8) is 0 Å². The maximum Gasteiger partial charge on any atom is 0.140 e. The van der Waals surface area contributed by atoms with Crippen LogP contribution in [-0.2, 0) is 6.54 Å². The molecule has 1 N–H and O–H groups in total. The number of hydrogen-bond acceptors (Lipinski definition) is 2. The van der Waals surface area contributed by atoms with Crippen LogP contribution in [0, 0.1) is 17.5 Å². The molecule has 2 aromatic rings. The molecule has 0 aliphatic heterocycles. The number of benzene rings is 2. The molecule has 1 nitrogen and oxygen atoms in total. The van der Waals surface area contributed by atoms with E-state index in [1.807, 2.05) is 0 Å². The minimum Gasteiger partial charge on any atom is -0.316 e. The SMILES string of the molecule is CNCc1ccc(Sc2ccc(F)cc2F)c(F)c1. The van der Waals surface area contributed by atoms with E-state index in [-0.39, 0.29) is 4.90 Å². The molecule has 0 radical (unpaired) electrons. The van der Waals surface area contributed by atoms with E-state index in [1.165, 1.54) is 12.1 Å². The summed E-state index contributed by atoms with van der Waals surface area (Å²) in [6, 6.07) is 8.00. The van der Waals surface area contributed by atoms with E-state index in [9.17, 15) is 13.2 Å². The van der Waals surface area contributed by atoms with Gasteiger partial charge >= 0.3 is 0 Å². The fraction of sp³-hybridized carbons (Fsp3) is 0.143. The van der Waals surface area contributed by atoms with Gasteiger partial charge in [0.05, 0.1) is 0 Å². The highest BCUT2D eigenvalue weighted by atomic mass is 32.2. The molecule has 0 atom stereocenters. The van der Waals surface area contributed by atoms with Gasteiger partial charge in [0.2, 0.25) is 0 Å². The van der Waals surface area contributed by atoms with E-state index >= 15 is 0 Å². The normalized spacial score (nSPS) is 10.7. The second-order valence-corrected chi connectivity index (χ2v) is 5.06. The van der Waals surface area contributed by atoms with Crippen molar-refractivity contribution in [2.45, 2.75) is 16.3 Å². The Balaban J connectivity index is 2.23. The molecule has 0 spiro atoms. The molecule has 0 bridgehead atoms. The van der Waals surface area contributed by atoms with Crippen molar-refractivity contribution >= 4 is 11.8 Å². The Morgan fingerprint density at radius 1 is 0.947 bits per heavy atom. The molecule has 5 heteroatoms. The van der Waals surface area contributed by atoms with E-state index < -0.39 is 17.5 Å². The minimum atomic E-state index is -0.691. The Labute approximate surface area is 113 Å². The Kier molecular flexibility index (Phi) is 4.50. The first-order chi connectivity index (χ1) is 9.10. The number of halogens is 3. The fourth-order valence-corrected chi connectivity index (χ4v) is 2.44. The van der Waals surface area contributed by atoms with Crippen LogP contribution in [0.2, 0.25) is 0 Å². The lowest BCUT2D eigenvalue weighted by Crippen LogP contribution is -2.05. The molecule has 0 fully saturated rings. The summed E-state index contributed by atoms with van der Waals surface area (Å²) >= 11 is 0.939. The Morgan fingerprint density at radius 2 is 1.58 bits per heavy atom. The van der Waals surface area contributed by atoms with Crippen LogP contribution >= 0.6 is 11.8 Å². The molecule has 2 aromatic carbocycles. The maximum atomic E-state index is 13.8. The minimum absolute atomic E-state index is 0.196. The van der Waals surface area contributed by atoms with E-state index in [0.29, 0.717) is 11.4 Å². The Morgan fingerprint density at radius 3 is 2.16 bits per heavy atom. The monoisotopic (exact) mass is 283 g/mol. The predicted molar refractivity (Wildman–Crippen MR) is 69.6 cm³/mol. The van der Waals surface area contributed by atoms with Crippen LogP contribution in [-0.4, -0.2) is 7.05 Å². The van der Waals surface area contributed by atoms with Gasteiger partial charge in [-0.15, -0.1) is 0 Å². The van der Waals surface area contributed by atoms with Gasteiger partial charge in [-0.05, 0) is 36.9 Å². The van der Waals surface area contributed by atoms with Crippen molar-refractivity contribution < 1.29 is 13.2 Å². The van der Waals surface area contributed by atoms with E-state index in [4.69, 9.17) is 0 Å². The molecule has 0 aromatic heterocycles. The maximum absolute atomic E-state index is 13.8. The lowest BCUT2D eigenvalue weighted by molar-refractivity contribution is 0.565. The van der Waals surface area contributed by atoms with Crippen molar-refractivity contribution in [3.8, 4) is 0 Å². The molecular weight excluding hydrogens is 271 g/mol. The first kappa shape index (κ1) is 14.0. The van der Waals surface area contributed by atoms with Crippen molar-refractivity contribution in [2.75, 3.05) is 7.05 Å². The quantitative estimate of drug-likeness (QED) is 0.911. The molecule has 2 rings (SSSR count). The van der Waals surface area contributed by atoms with Crippen LogP contribution in [0.1, 0.15) is 5.56 Å². The highest BCUT2D eigenvalue weighted by Gasteiger charge is 2.09. The number of rotatable bonds is 4.